The van der Waals surface area contributed by atoms with Crippen LogP contribution in [-0.4, -0.2) is 79.7 Å². The zero-order valence-corrected chi connectivity index (χ0v) is 21.1. The molecule has 0 saturated heterocycles. The number of fused-ring (bicyclic) bond motifs is 1. The second kappa shape index (κ2) is 11.1. The Bertz CT molecular complexity index is 901. The molecule has 0 spiro atoms. The van der Waals surface area contributed by atoms with Crippen molar-refractivity contribution >= 4 is 23.5 Å². The first-order valence-electron chi connectivity index (χ1n) is 12.0. The highest BCUT2D eigenvalue weighted by Crippen LogP contribution is 2.32. The van der Waals surface area contributed by atoms with Crippen LogP contribution in [0.1, 0.15) is 50.9 Å². The Morgan fingerprint density at radius 3 is 2.50 bits per heavy atom. The number of likely N-dealkylation sites (N-methyl/N-ethyl adjacent to an activating group) is 1. The fraction of sp³-hybridized carbons (Fsp3) is 0.640. The molecule has 1 saturated carbocycles. The number of nitrogens with one attached hydrogen (secondary N) is 2. The Balaban J connectivity index is 1.92. The highest BCUT2D eigenvalue weighted by Gasteiger charge is 2.32. The first-order valence-corrected chi connectivity index (χ1v) is 12.0. The van der Waals surface area contributed by atoms with Crippen molar-refractivity contribution < 1.29 is 23.9 Å². The van der Waals surface area contributed by atoms with Gasteiger partial charge in [-0.05, 0) is 45.7 Å². The van der Waals surface area contributed by atoms with Gasteiger partial charge >= 0.3 is 6.03 Å². The Kier molecular flexibility index (Phi) is 8.41. The smallest absolute Gasteiger partial charge is 0.317 e. The van der Waals surface area contributed by atoms with Gasteiger partial charge in [-0.1, -0.05) is 6.92 Å². The summed E-state index contributed by atoms with van der Waals surface area (Å²) in [6.45, 7) is 8.80. The molecular formula is C25H38N4O5. The topological polar surface area (TPSA) is 100 Å². The summed E-state index contributed by atoms with van der Waals surface area (Å²) < 4.78 is 11.8. The van der Waals surface area contributed by atoms with Gasteiger partial charge in [-0.25, -0.2) is 4.79 Å². The van der Waals surface area contributed by atoms with Gasteiger partial charge < -0.3 is 29.9 Å². The highest BCUT2D eigenvalue weighted by atomic mass is 16.5. The molecule has 9 nitrogen and oxygen atoms in total. The standard InChI is InChI=1S/C25H38N4O5/c1-15(2)26-25(32)29-12-16(3)22(33-6)13-28(5)24(31)20-10-9-19(27-23(30)18-7-8-18)11-21(20)34-14-17(29)4/h9-11,15-18,22H,7-8,12-14H2,1-6H3,(H,26,32)(H,27,30)/t16-,17+,22-/m1/s1. The lowest BCUT2D eigenvalue weighted by molar-refractivity contribution is -0.117. The molecule has 1 heterocycles. The SMILES string of the molecule is CO[C@@H]1CN(C)C(=O)c2ccc(NC(=O)C3CC3)cc2OC[C@H](C)N(C(=O)NC(C)C)C[C@H]1C. The van der Waals surface area contributed by atoms with Crippen LogP contribution >= 0.6 is 0 Å². The number of amides is 4. The Labute approximate surface area is 202 Å². The molecule has 1 aromatic carbocycles. The minimum Gasteiger partial charge on any atom is -0.491 e. The minimum absolute atomic E-state index is 0.00218. The van der Waals surface area contributed by atoms with Gasteiger partial charge in [0.1, 0.15) is 12.4 Å². The van der Waals surface area contributed by atoms with E-state index < -0.39 is 0 Å². The largest absolute Gasteiger partial charge is 0.491 e. The van der Waals surface area contributed by atoms with E-state index in [4.69, 9.17) is 9.47 Å². The van der Waals surface area contributed by atoms with E-state index in [1.165, 1.54) is 0 Å². The molecule has 1 aliphatic carbocycles. The molecule has 0 unspecified atom stereocenters. The third kappa shape index (κ3) is 6.40. The fourth-order valence-corrected chi connectivity index (χ4v) is 4.05. The van der Waals surface area contributed by atoms with Gasteiger partial charge in [0.2, 0.25) is 5.91 Å². The molecule has 1 aliphatic heterocycles. The molecule has 3 rings (SSSR count). The Hall–Kier alpha value is -2.81. The second-order valence-corrected chi connectivity index (χ2v) is 9.83. The summed E-state index contributed by atoms with van der Waals surface area (Å²) in [7, 11) is 3.35. The van der Waals surface area contributed by atoms with Gasteiger partial charge in [-0.2, -0.15) is 0 Å². The number of hydrogen-bond acceptors (Lipinski definition) is 5. The molecule has 34 heavy (non-hydrogen) atoms. The zero-order valence-electron chi connectivity index (χ0n) is 21.1. The van der Waals surface area contributed by atoms with E-state index in [0.717, 1.165) is 12.8 Å². The molecular weight excluding hydrogens is 436 g/mol. The van der Waals surface area contributed by atoms with Gasteiger partial charge in [0.25, 0.3) is 5.91 Å². The van der Waals surface area contributed by atoms with Crippen LogP contribution in [0.25, 0.3) is 0 Å². The van der Waals surface area contributed by atoms with Crippen molar-refractivity contribution in [1.29, 1.82) is 0 Å². The molecule has 0 aromatic heterocycles. The summed E-state index contributed by atoms with van der Waals surface area (Å²) in [6.07, 6.45) is 1.56. The van der Waals surface area contributed by atoms with Crippen molar-refractivity contribution in [2.75, 3.05) is 39.2 Å². The van der Waals surface area contributed by atoms with Crippen LogP contribution in [0.2, 0.25) is 0 Å². The summed E-state index contributed by atoms with van der Waals surface area (Å²) in [4.78, 5) is 41.9. The van der Waals surface area contributed by atoms with Crippen molar-refractivity contribution in [3.8, 4) is 5.75 Å². The van der Waals surface area contributed by atoms with E-state index in [1.807, 2.05) is 27.7 Å². The average molecular weight is 475 g/mol. The first-order chi connectivity index (χ1) is 16.1. The maximum Gasteiger partial charge on any atom is 0.317 e. The molecule has 4 amide bonds. The van der Waals surface area contributed by atoms with E-state index >= 15 is 0 Å². The van der Waals surface area contributed by atoms with Crippen LogP contribution in [0.3, 0.4) is 0 Å². The van der Waals surface area contributed by atoms with Crippen molar-refractivity contribution in [2.45, 2.75) is 58.7 Å². The number of carbonyl (C=O) groups is 3. The molecule has 1 aromatic rings. The average Bonchev–Trinajstić information content (AvgIpc) is 3.63. The Morgan fingerprint density at radius 1 is 1.18 bits per heavy atom. The molecule has 9 heteroatoms. The van der Waals surface area contributed by atoms with Gasteiger partial charge in [0.05, 0.1) is 17.7 Å². The number of urea groups is 1. The lowest BCUT2D eigenvalue weighted by Gasteiger charge is -2.36. The van der Waals surface area contributed by atoms with Crippen molar-refractivity contribution in [1.82, 2.24) is 15.1 Å². The molecule has 188 valence electrons. The summed E-state index contributed by atoms with van der Waals surface area (Å²) in [5, 5.41) is 5.88. The number of methoxy groups -OCH3 is 1. The number of rotatable bonds is 4. The maximum absolute atomic E-state index is 13.3. The number of hydrogen-bond donors (Lipinski definition) is 2. The quantitative estimate of drug-likeness (QED) is 0.699. The summed E-state index contributed by atoms with van der Waals surface area (Å²) in [6, 6.07) is 4.67. The van der Waals surface area contributed by atoms with Crippen LogP contribution in [0.5, 0.6) is 5.75 Å². The zero-order chi connectivity index (χ0) is 25.0. The van der Waals surface area contributed by atoms with E-state index in [2.05, 4.69) is 10.6 Å². The van der Waals surface area contributed by atoms with Crippen molar-refractivity contribution in [3.63, 3.8) is 0 Å². The molecule has 2 N–H and O–H groups in total. The van der Waals surface area contributed by atoms with Crippen LogP contribution in [0.15, 0.2) is 18.2 Å². The normalized spacial score (nSPS) is 24.0. The van der Waals surface area contributed by atoms with Crippen molar-refractivity contribution in [3.05, 3.63) is 23.8 Å². The number of nitrogens with zero attached hydrogens (tertiary/aromatic N) is 2. The summed E-state index contributed by atoms with van der Waals surface area (Å²) in [5.41, 5.74) is 0.990. The van der Waals surface area contributed by atoms with E-state index in [-0.39, 0.29) is 54.5 Å². The molecule has 1 fully saturated rings. The van der Waals surface area contributed by atoms with E-state index in [9.17, 15) is 14.4 Å². The molecule has 2 aliphatic rings. The third-order valence-electron chi connectivity index (χ3n) is 6.34. The van der Waals surface area contributed by atoms with Crippen LogP contribution < -0.4 is 15.4 Å². The first kappa shape index (κ1) is 25.8. The van der Waals surface area contributed by atoms with Gasteiger partial charge in [-0.3, -0.25) is 9.59 Å². The molecule has 0 bridgehead atoms. The number of ether oxygens (including phenoxy) is 2. The molecule has 3 atom stereocenters. The van der Waals surface area contributed by atoms with Crippen LogP contribution in [-0.2, 0) is 9.53 Å². The summed E-state index contributed by atoms with van der Waals surface area (Å²) >= 11 is 0. The van der Waals surface area contributed by atoms with Crippen LogP contribution in [0, 0.1) is 11.8 Å². The van der Waals surface area contributed by atoms with E-state index in [1.54, 1.807) is 42.2 Å². The van der Waals surface area contributed by atoms with Gasteiger partial charge in [0, 0.05) is 56.9 Å². The van der Waals surface area contributed by atoms with E-state index in [0.29, 0.717) is 30.1 Å². The minimum atomic E-state index is -0.261. The lowest BCUT2D eigenvalue weighted by Crippen LogP contribution is -2.52. The Morgan fingerprint density at radius 2 is 1.88 bits per heavy atom. The summed E-state index contributed by atoms with van der Waals surface area (Å²) in [5.74, 6) is 0.227. The fourth-order valence-electron chi connectivity index (χ4n) is 4.05. The second-order valence-electron chi connectivity index (χ2n) is 9.83. The van der Waals surface area contributed by atoms with Gasteiger partial charge in [-0.15, -0.1) is 0 Å². The monoisotopic (exact) mass is 474 g/mol. The lowest BCUT2D eigenvalue weighted by atomic mass is 10.0. The number of anilines is 1. The highest BCUT2D eigenvalue weighted by molar-refractivity contribution is 5.99. The predicted molar refractivity (Wildman–Crippen MR) is 130 cm³/mol. The third-order valence-corrected chi connectivity index (χ3v) is 6.34. The maximum atomic E-state index is 13.3. The molecule has 0 radical (unpaired) electrons. The van der Waals surface area contributed by atoms with Crippen LogP contribution in [0.4, 0.5) is 10.5 Å². The number of carbonyl (C=O) groups excluding carboxylic acids is 3. The predicted octanol–water partition coefficient (Wildman–Crippen LogP) is 2.96. The van der Waals surface area contributed by atoms with Crippen molar-refractivity contribution in [2.24, 2.45) is 11.8 Å². The van der Waals surface area contributed by atoms with Gasteiger partial charge in [0.15, 0.2) is 0 Å². The number of benzene rings is 1.